The number of benzene rings is 1. The van der Waals surface area contributed by atoms with E-state index in [0.717, 1.165) is 16.0 Å². The SMILES string of the molecule is CCOC(=O)Nc1nc2c(s1)CN(C(=O)Cc1noc3ccccc13)CC2. The van der Waals surface area contributed by atoms with Gasteiger partial charge in [-0.05, 0) is 19.1 Å². The second-order valence-corrected chi connectivity index (χ2v) is 7.19. The van der Waals surface area contributed by atoms with E-state index in [1.165, 1.54) is 11.3 Å². The molecule has 3 aromatic rings. The molecule has 0 fully saturated rings. The number of rotatable bonds is 4. The Hall–Kier alpha value is -2.94. The molecule has 1 aromatic carbocycles. The van der Waals surface area contributed by atoms with Crippen molar-refractivity contribution in [1.82, 2.24) is 15.0 Å². The van der Waals surface area contributed by atoms with Crippen LogP contribution in [0.4, 0.5) is 9.93 Å². The molecule has 0 radical (unpaired) electrons. The van der Waals surface area contributed by atoms with E-state index in [-0.39, 0.29) is 12.3 Å². The van der Waals surface area contributed by atoms with Gasteiger partial charge in [-0.15, -0.1) is 0 Å². The van der Waals surface area contributed by atoms with Gasteiger partial charge in [-0.2, -0.15) is 0 Å². The fraction of sp³-hybridized carbons (Fsp3) is 0.333. The van der Waals surface area contributed by atoms with Crippen LogP contribution in [0.1, 0.15) is 23.2 Å². The van der Waals surface area contributed by atoms with E-state index in [0.29, 0.717) is 42.5 Å². The average molecular weight is 386 g/mol. The first-order chi connectivity index (χ1) is 13.1. The highest BCUT2D eigenvalue weighted by molar-refractivity contribution is 7.15. The van der Waals surface area contributed by atoms with Crippen LogP contribution in [0.25, 0.3) is 11.0 Å². The molecular weight excluding hydrogens is 368 g/mol. The third kappa shape index (κ3) is 3.63. The average Bonchev–Trinajstić information content (AvgIpc) is 3.24. The van der Waals surface area contributed by atoms with Crippen molar-refractivity contribution >= 4 is 39.4 Å². The first-order valence-corrected chi connectivity index (χ1v) is 9.49. The van der Waals surface area contributed by atoms with Crippen molar-refractivity contribution in [1.29, 1.82) is 0 Å². The van der Waals surface area contributed by atoms with Gasteiger partial charge in [0.25, 0.3) is 0 Å². The lowest BCUT2D eigenvalue weighted by Gasteiger charge is -2.25. The molecule has 1 aliphatic heterocycles. The Labute approximate surface area is 159 Å². The van der Waals surface area contributed by atoms with Crippen LogP contribution < -0.4 is 5.32 Å². The summed E-state index contributed by atoms with van der Waals surface area (Å²) in [6, 6.07) is 7.51. The molecule has 1 aliphatic rings. The van der Waals surface area contributed by atoms with Gasteiger partial charge in [0.2, 0.25) is 5.91 Å². The maximum atomic E-state index is 12.7. The molecule has 1 N–H and O–H groups in total. The maximum Gasteiger partial charge on any atom is 0.413 e. The Bertz CT molecular complexity index is 996. The van der Waals surface area contributed by atoms with Crippen LogP contribution in [0.3, 0.4) is 0 Å². The van der Waals surface area contributed by atoms with E-state index >= 15 is 0 Å². The van der Waals surface area contributed by atoms with Crippen LogP contribution >= 0.6 is 11.3 Å². The minimum Gasteiger partial charge on any atom is -0.450 e. The predicted molar refractivity (Wildman–Crippen MR) is 99.6 cm³/mol. The van der Waals surface area contributed by atoms with Crippen LogP contribution in [0.5, 0.6) is 0 Å². The topological polar surface area (TPSA) is 97.6 Å². The molecule has 9 heteroatoms. The highest BCUT2D eigenvalue weighted by atomic mass is 32.1. The number of amides is 2. The number of hydrogen-bond acceptors (Lipinski definition) is 7. The van der Waals surface area contributed by atoms with Crippen molar-refractivity contribution in [2.45, 2.75) is 26.3 Å². The van der Waals surface area contributed by atoms with Gasteiger partial charge in [-0.1, -0.05) is 28.6 Å². The number of nitrogens with zero attached hydrogens (tertiary/aromatic N) is 3. The monoisotopic (exact) mass is 386 g/mol. The molecule has 8 nitrogen and oxygen atoms in total. The zero-order chi connectivity index (χ0) is 18.8. The van der Waals surface area contributed by atoms with E-state index < -0.39 is 6.09 Å². The van der Waals surface area contributed by atoms with Crippen molar-refractivity contribution in [2.24, 2.45) is 0 Å². The van der Waals surface area contributed by atoms with Crippen molar-refractivity contribution in [3.05, 3.63) is 40.5 Å². The molecule has 0 unspecified atom stereocenters. The lowest BCUT2D eigenvalue weighted by atomic mass is 10.1. The zero-order valence-corrected chi connectivity index (χ0v) is 15.5. The number of aromatic nitrogens is 2. The van der Waals surface area contributed by atoms with E-state index in [1.807, 2.05) is 24.3 Å². The summed E-state index contributed by atoms with van der Waals surface area (Å²) in [4.78, 5) is 31.5. The summed E-state index contributed by atoms with van der Waals surface area (Å²) < 4.78 is 10.1. The third-order valence-corrected chi connectivity index (χ3v) is 5.34. The fourth-order valence-corrected chi connectivity index (χ4v) is 4.05. The summed E-state index contributed by atoms with van der Waals surface area (Å²) in [6.45, 7) is 3.11. The van der Waals surface area contributed by atoms with Crippen molar-refractivity contribution in [2.75, 3.05) is 18.5 Å². The van der Waals surface area contributed by atoms with Gasteiger partial charge >= 0.3 is 6.09 Å². The number of para-hydroxylation sites is 1. The summed E-state index contributed by atoms with van der Waals surface area (Å²) in [5.41, 5.74) is 2.25. The molecule has 2 aromatic heterocycles. The standard InChI is InChI=1S/C18H18N4O4S/c1-2-25-18(24)20-17-19-12-7-8-22(10-15(12)27-17)16(23)9-13-11-5-3-4-6-14(11)26-21-13/h3-6H,2,7-10H2,1H3,(H,19,20,24). The van der Waals surface area contributed by atoms with Crippen molar-refractivity contribution in [3.8, 4) is 0 Å². The Balaban J connectivity index is 1.43. The maximum absolute atomic E-state index is 12.7. The molecule has 27 heavy (non-hydrogen) atoms. The first-order valence-electron chi connectivity index (χ1n) is 8.67. The number of thiazole rings is 1. The molecule has 0 saturated carbocycles. The molecule has 2 amide bonds. The number of anilines is 1. The van der Waals surface area contributed by atoms with E-state index in [9.17, 15) is 9.59 Å². The summed E-state index contributed by atoms with van der Waals surface area (Å²) in [6.07, 6.45) is 0.329. The van der Waals surface area contributed by atoms with Crippen LogP contribution in [0.2, 0.25) is 0 Å². The van der Waals surface area contributed by atoms with Gasteiger partial charge in [-0.3, -0.25) is 10.1 Å². The normalized spacial score (nSPS) is 13.4. The highest BCUT2D eigenvalue weighted by Gasteiger charge is 2.25. The molecule has 3 heterocycles. The molecular formula is C18H18N4O4S. The summed E-state index contributed by atoms with van der Waals surface area (Å²) in [5, 5.41) is 8.01. The minimum atomic E-state index is -0.519. The summed E-state index contributed by atoms with van der Waals surface area (Å²) >= 11 is 1.37. The third-order valence-electron chi connectivity index (χ3n) is 4.34. The van der Waals surface area contributed by atoms with Gasteiger partial charge in [0.15, 0.2) is 10.7 Å². The summed E-state index contributed by atoms with van der Waals surface area (Å²) in [7, 11) is 0. The van der Waals surface area contributed by atoms with E-state index in [4.69, 9.17) is 9.26 Å². The number of nitrogens with one attached hydrogen (secondary N) is 1. The molecule has 4 rings (SSSR count). The van der Waals surface area contributed by atoms with Crippen LogP contribution in [0, 0.1) is 0 Å². The molecule has 0 bridgehead atoms. The van der Waals surface area contributed by atoms with Gasteiger partial charge in [-0.25, -0.2) is 9.78 Å². The van der Waals surface area contributed by atoms with Crippen molar-refractivity contribution in [3.63, 3.8) is 0 Å². The minimum absolute atomic E-state index is 0.00648. The van der Waals surface area contributed by atoms with Crippen LogP contribution in [-0.2, 0) is 28.9 Å². The second-order valence-electron chi connectivity index (χ2n) is 6.10. The summed E-state index contributed by atoms with van der Waals surface area (Å²) in [5.74, 6) is -0.00648. The van der Waals surface area contributed by atoms with E-state index in [2.05, 4.69) is 15.5 Å². The highest BCUT2D eigenvalue weighted by Crippen LogP contribution is 2.29. The number of hydrogen-bond donors (Lipinski definition) is 1. The largest absolute Gasteiger partial charge is 0.450 e. The predicted octanol–water partition coefficient (Wildman–Crippen LogP) is 2.98. The van der Waals surface area contributed by atoms with Gasteiger partial charge < -0.3 is 14.2 Å². The lowest BCUT2D eigenvalue weighted by molar-refractivity contribution is -0.131. The smallest absolute Gasteiger partial charge is 0.413 e. The molecule has 0 spiro atoms. The van der Waals surface area contributed by atoms with Gasteiger partial charge in [0, 0.05) is 23.2 Å². The molecule has 0 atom stereocenters. The van der Waals surface area contributed by atoms with Crippen LogP contribution in [0.15, 0.2) is 28.8 Å². The number of fused-ring (bicyclic) bond motifs is 2. The Morgan fingerprint density at radius 1 is 1.37 bits per heavy atom. The van der Waals surface area contributed by atoms with Crippen molar-refractivity contribution < 1.29 is 18.8 Å². The Morgan fingerprint density at radius 2 is 2.22 bits per heavy atom. The molecule has 0 aliphatic carbocycles. The number of carbonyl (C=O) groups excluding carboxylic acids is 2. The Morgan fingerprint density at radius 3 is 3.07 bits per heavy atom. The zero-order valence-electron chi connectivity index (χ0n) is 14.7. The lowest BCUT2D eigenvalue weighted by Crippen LogP contribution is -2.36. The fourth-order valence-electron chi connectivity index (χ4n) is 3.04. The van der Waals surface area contributed by atoms with E-state index in [1.54, 1.807) is 11.8 Å². The van der Waals surface area contributed by atoms with Gasteiger partial charge in [0.05, 0.1) is 25.3 Å². The Kier molecular flexibility index (Phi) is 4.76. The van der Waals surface area contributed by atoms with Crippen LogP contribution in [-0.4, -0.2) is 40.2 Å². The molecule has 140 valence electrons. The number of carbonyl (C=O) groups is 2. The first kappa shape index (κ1) is 17.5. The van der Waals surface area contributed by atoms with Gasteiger partial charge in [0.1, 0.15) is 5.69 Å². The molecule has 0 saturated heterocycles. The number of ether oxygens (including phenoxy) is 1. The second kappa shape index (κ2) is 7.36. The quantitative estimate of drug-likeness (QED) is 0.740.